The van der Waals surface area contributed by atoms with E-state index in [1.807, 2.05) is 18.5 Å². The van der Waals surface area contributed by atoms with Crippen LogP contribution in [0.3, 0.4) is 0 Å². The lowest BCUT2D eigenvalue weighted by molar-refractivity contribution is -0.122. The van der Waals surface area contributed by atoms with Crippen LogP contribution in [0.4, 0.5) is 0 Å². The smallest absolute Gasteiger partial charge is 0.234 e. The molecule has 3 rings (SSSR count). The first kappa shape index (κ1) is 18.8. The lowest BCUT2D eigenvalue weighted by Crippen LogP contribution is -2.38. The van der Waals surface area contributed by atoms with Crippen LogP contribution in [-0.2, 0) is 4.79 Å². The van der Waals surface area contributed by atoms with Crippen LogP contribution in [0.2, 0.25) is 0 Å². The van der Waals surface area contributed by atoms with Crippen molar-refractivity contribution in [3.63, 3.8) is 0 Å². The molecular formula is C21H24N2OS2. The fraction of sp³-hybridized carbons (Fsp3) is 0.286. The van der Waals surface area contributed by atoms with Crippen molar-refractivity contribution in [2.75, 3.05) is 13.6 Å². The van der Waals surface area contributed by atoms with Crippen LogP contribution >= 0.6 is 22.7 Å². The van der Waals surface area contributed by atoms with E-state index in [0.717, 1.165) is 10.4 Å². The van der Waals surface area contributed by atoms with Gasteiger partial charge in [-0.05, 0) is 49.4 Å². The predicted molar refractivity (Wildman–Crippen MR) is 111 cm³/mol. The van der Waals surface area contributed by atoms with Gasteiger partial charge in [-0.15, -0.1) is 22.7 Å². The summed E-state index contributed by atoms with van der Waals surface area (Å²) in [5, 5.41) is 7.34. The number of amides is 1. The molecule has 0 spiro atoms. The van der Waals surface area contributed by atoms with E-state index in [0.29, 0.717) is 6.54 Å². The molecule has 5 heteroatoms. The predicted octanol–water partition coefficient (Wildman–Crippen LogP) is 5.02. The Kier molecular flexibility index (Phi) is 6.25. The van der Waals surface area contributed by atoms with Crippen LogP contribution in [0.15, 0.2) is 59.3 Å². The Morgan fingerprint density at radius 2 is 1.65 bits per heavy atom. The molecule has 0 aliphatic carbocycles. The van der Waals surface area contributed by atoms with Crippen molar-refractivity contribution in [2.24, 2.45) is 0 Å². The summed E-state index contributed by atoms with van der Waals surface area (Å²) < 4.78 is 0. The molecule has 0 saturated heterocycles. The normalized spacial score (nSPS) is 13.5. The summed E-state index contributed by atoms with van der Waals surface area (Å²) >= 11 is 3.39. The number of hydrogen-bond acceptors (Lipinski definition) is 4. The third-order valence-electron chi connectivity index (χ3n) is 4.55. The molecular weight excluding hydrogens is 360 g/mol. The van der Waals surface area contributed by atoms with E-state index >= 15 is 0 Å². The fourth-order valence-corrected chi connectivity index (χ4v) is 4.50. The number of benzene rings is 1. The minimum absolute atomic E-state index is 0.0369. The maximum Gasteiger partial charge on any atom is 0.234 e. The van der Waals surface area contributed by atoms with E-state index in [9.17, 15) is 4.79 Å². The van der Waals surface area contributed by atoms with Crippen molar-refractivity contribution in [1.29, 1.82) is 0 Å². The molecule has 1 N–H and O–H groups in total. The summed E-state index contributed by atoms with van der Waals surface area (Å²) in [6.07, 6.45) is 0. The Hall–Kier alpha value is -1.95. The highest BCUT2D eigenvalue weighted by atomic mass is 32.1. The van der Waals surface area contributed by atoms with Crippen LogP contribution in [0.5, 0.6) is 0 Å². The number of carbonyl (C=O) groups excluding carboxylic acids is 1. The molecule has 1 amide bonds. The standard InChI is InChI=1S/C21H24N2OS2/c1-15-8-10-17(11-9-15)21(19-7-5-13-26-19)22-20(24)14-23(3)16(2)18-6-4-12-25-18/h4-13,16,21H,14H2,1-3H3,(H,22,24). The van der Waals surface area contributed by atoms with Gasteiger partial charge in [0.2, 0.25) is 5.91 Å². The molecule has 2 aromatic heterocycles. The van der Waals surface area contributed by atoms with Crippen molar-refractivity contribution in [2.45, 2.75) is 25.9 Å². The van der Waals surface area contributed by atoms with Crippen LogP contribution in [0, 0.1) is 6.92 Å². The number of carbonyl (C=O) groups is 1. The van der Waals surface area contributed by atoms with Gasteiger partial charge in [-0.2, -0.15) is 0 Å². The average molecular weight is 385 g/mol. The van der Waals surface area contributed by atoms with E-state index < -0.39 is 0 Å². The maximum atomic E-state index is 12.7. The van der Waals surface area contributed by atoms with Gasteiger partial charge in [-0.25, -0.2) is 0 Å². The molecule has 0 bridgehead atoms. The number of aryl methyl sites for hydroxylation is 1. The third-order valence-corrected chi connectivity index (χ3v) is 6.53. The third kappa shape index (κ3) is 4.61. The molecule has 1 aromatic carbocycles. The molecule has 3 nitrogen and oxygen atoms in total. The lowest BCUT2D eigenvalue weighted by Gasteiger charge is -2.25. The van der Waals surface area contributed by atoms with Crippen molar-refractivity contribution in [3.05, 3.63) is 80.2 Å². The highest BCUT2D eigenvalue weighted by Crippen LogP contribution is 2.27. The first-order valence-corrected chi connectivity index (χ1v) is 10.4. The molecule has 26 heavy (non-hydrogen) atoms. The fourth-order valence-electron chi connectivity index (χ4n) is 2.85. The van der Waals surface area contributed by atoms with Crippen molar-refractivity contribution < 1.29 is 4.79 Å². The SMILES string of the molecule is Cc1ccc(C(NC(=O)CN(C)C(C)c2cccs2)c2cccs2)cc1. The molecule has 136 valence electrons. The van der Waals surface area contributed by atoms with E-state index in [4.69, 9.17) is 0 Å². The van der Waals surface area contributed by atoms with Gasteiger partial charge in [0.25, 0.3) is 0 Å². The largest absolute Gasteiger partial charge is 0.343 e. The van der Waals surface area contributed by atoms with Crippen LogP contribution in [0.1, 0.15) is 39.9 Å². The van der Waals surface area contributed by atoms with Gasteiger partial charge in [0.05, 0.1) is 12.6 Å². The van der Waals surface area contributed by atoms with E-state index in [1.54, 1.807) is 22.7 Å². The van der Waals surface area contributed by atoms with E-state index in [1.165, 1.54) is 10.4 Å². The minimum atomic E-state index is -0.103. The molecule has 0 aliphatic rings. The molecule has 0 fully saturated rings. The van der Waals surface area contributed by atoms with Crippen LogP contribution in [-0.4, -0.2) is 24.4 Å². The molecule has 0 aliphatic heterocycles. The van der Waals surface area contributed by atoms with Gasteiger partial charge in [0.1, 0.15) is 0 Å². The number of thiophene rings is 2. The van der Waals surface area contributed by atoms with Gasteiger partial charge in [0, 0.05) is 15.8 Å². The summed E-state index contributed by atoms with van der Waals surface area (Å²) in [6.45, 7) is 4.58. The quantitative estimate of drug-likeness (QED) is 0.620. The first-order chi connectivity index (χ1) is 12.5. The zero-order valence-electron chi connectivity index (χ0n) is 15.3. The zero-order chi connectivity index (χ0) is 18.5. The highest BCUT2D eigenvalue weighted by Gasteiger charge is 2.21. The Balaban J connectivity index is 1.70. The van der Waals surface area contributed by atoms with Crippen molar-refractivity contribution >= 4 is 28.6 Å². The summed E-state index contributed by atoms with van der Waals surface area (Å²) in [5.41, 5.74) is 2.33. The lowest BCUT2D eigenvalue weighted by atomic mass is 10.0. The van der Waals surface area contributed by atoms with Crippen LogP contribution in [0.25, 0.3) is 0 Å². The highest BCUT2D eigenvalue weighted by molar-refractivity contribution is 7.10. The Morgan fingerprint density at radius 1 is 1.04 bits per heavy atom. The molecule has 0 saturated carbocycles. The monoisotopic (exact) mass is 384 g/mol. The minimum Gasteiger partial charge on any atom is -0.343 e. The number of nitrogens with zero attached hydrogens (tertiary/aromatic N) is 1. The first-order valence-electron chi connectivity index (χ1n) is 8.67. The zero-order valence-corrected chi connectivity index (χ0v) is 16.9. The van der Waals surface area contributed by atoms with Gasteiger partial charge < -0.3 is 5.32 Å². The Bertz CT molecular complexity index is 810. The maximum absolute atomic E-state index is 12.7. The molecule has 2 heterocycles. The molecule has 2 unspecified atom stereocenters. The van der Waals surface area contributed by atoms with Gasteiger partial charge in [-0.1, -0.05) is 42.0 Å². The van der Waals surface area contributed by atoms with E-state index in [2.05, 4.69) is 71.9 Å². The molecule has 0 radical (unpaired) electrons. The van der Waals surface area contributed by atoms with Crippen molar-refractivity contribution in [3.8, 4) is 0 Å². The van der Waals surface area contributed by atoms with Gasteiger partial charge >= 0.3 is 0 Å². The Labute approximate surface area is 163 Å². The number of hydrogen-bond donors (Lipinski definition) is 1. The summed E-state index contributed by atoms with van der Waals surface area (Å²) in [5.74, 6) is 0.0369. The number of rotatable bonds is 7. The summed E-state index contributed by atoms with van der Waals surface area (Å²) in [7, 11) is 2.00. The number of nitrogens with one attached hydrogen (secondary N) is 1. The van der Waals surface area contributed by atoms with Crippen molar-refractivity contribution in [1.82, 2.24) is 10.2 Å². The van der Waals surface area contributed by atoms with Crippen LogP contribution < -0.4 is 5.32 Å². The van der Waals surface area contributed by atoms with Gasteiger partial charge in [-0.3, -0.25) is 9.69 Å². The van der Waals surface area contributed by atoms with Gasteiger partial charge in [0.15, 0.2) is 0 Å². The summed E-state index contributed by atoms with van der Waals surface area (Å²) in [4.78, 5) is 17.2. The topological polar surface area (TPSA) is 32.3 Å². The average Bonchev–Trinajstić information content (AvgIpc) is 3.33. The second-order valence-electron chi connectivity index (χ2n) is 6.53. The number of likely N-dealkylation sites (N-methyl/N-ethyl adjacent to an activating group) is 1. The second-order valence-corrected chi connectivity index (χ2v) is 8.49. The van der Waals surface area contributed by atoms with E-state index in [-0.39, 0.29) is 18.0 Å². The summed E-state index contributed by atoms with van der Waals surface area (Å²) in [6, 6.07) is 16.8. The molecule has 3 aromatic rings. The molecule has 2 atom stereocenters. The Morgan fingerprint density at radius 3 is 2.23 bits per heavy atom. The second kappa shape index (κ2) is 8.62.